The fourth-order valence-electron chi connectivity index (χ4n) is 3.65. The predicted octanol–water partition coefficient (Wildman–Crippen LogP) is 5.39. The van der Waals surface area contributed by atoms with Crippen molar-refractivity contribution in [3.8, 4) is 0 Å². The summed E-state index contributed by atoms with van der Waals surface area (Å²) in [6.45, 7) is 7.85. The molecule has 2 aromatic carbocycles. The largest absolute Gasteiger partial charge is 0.460 e. The van der Waals surface area contributed by atoms with Crippen molar-refractivity contribution in [1.82, 2.24) is 4.90 Å². The molecule has 3 rings (SSSR count). The summed E-state index contributed by atoms with van der Waals surface area (Å²) in [5, 5.41) is 0.616. The topological polar surface area (TPSA) is 46.6 Å². The van der Waals surface area contributed by atoms with Crippen LogP contribution in [0.1, 0.15) is 49.8 Å². The number of esters is 1. The van der Waals surface area contributed by atoms with Gasteiger partial charge < -0.3 is 9.64 Å². The molecule has 29 heavy (non-hydrogen) atoms. The third-order valence-electron chi connectivity index (χ3n) is 5.10. The molecule has 1 atom stereocenters. The minimum absolute atomic E-state index is 0.0193. The number of carbonyl (C=O) groups is 2. The van der Waals surface area contributed by atoms with Gasteiger partial charge in [0, 0.05) is 23.1 Å². The highest BCUT2D eigenvalue weighted by Gasteiger charge is 2.37. The van der Waals surface area contributed by atoms with Crippen LogP contribution in [0.3, 0.4) is 0 Å². The monoisotopic (exact) mass is 411 g/mol. The van der Waals surface area contributed by atoms with E-state index in [0.29, 0.717) is 22.8 Å². The number of hydrogen-bond acceptors (Lipinski definition) is 3. The van der Waals surface area contributed by atoms with Gasteiger partial charge in [-0.3, -0.25) is 4.79 Å². The van der Waals surface area contributed by atoms with Crippen LogP contribution in [0.15, 0.2) is 59.8 Å². The molecular formula is C24H26ClNO3. The van der Waals surface area contributed by atoms with Crippen LogP contribution in [0.4, 0.5) is 0 Å². The number of ether oxygens (including phenoxy) is 1. The van der Waals surface area contributed by atoms with Gasteiger partial charge in [-0.05, 0) is 51.0 Å². The van der Waals surface area contributed by atoms with Gasteiger partial charge in [-0.2, -0.15) is 0 Å². The molecule has 1 aliphatic rings. The van der Waals surface area contributed by atoms with Crippen molar-refractivity contribution >= 4 is 23.5 Å². The van der Waals surface area contributed by atoms with E-state index in [1.165, 1.54) is 0 Å². The average molecular weight is 412 g/mol. The zero-order valence-electron chi connectivity index (χ0n) is 17.2. The first-order chi connectivity index (χ1) is 13.8. The lowest BCUT2D eigenvalue weighted by atomic mass is 9.83. The molecule has 1 unspecified atom stereocenters. The van der Waals surface area contributed by atoms with Crippen molar-refractivity contribution in [1.29, 1.82) is 0 Å². The molecular weight excluding hydrogens is 386 g/mol. The van der Waals surface area contributed by atoms with Crippen LogP contribution in [-0.4, -0.2) is 22.9 Å². The normalized spacial score (nSPS) is 17.1. The van der Waals surface area contributed by atoms with Crippen molar-refractivity contribution < 1.29 is 14.3 Å². The van der Waals surface area contributed by atoms with E-state index in [9.17, 15) is 9.59 Å². The zero-order chi connectivity index (χ0) is 21.1. The van der Waals surface area contributed by atoms with Crippen LogP contribution in [-0.2, 0) is 20.9 Å². The van der Waals surface area contributed by atoms with Crippen LogP contribution in [0.25, 0.3) is 0 Å². The minimum atomic E-state index is -0.369. The third-order valence-corrected chi connectivity index (χ3v) is 5.33. The van der Waals surface area contributed by atoms with Crippen molar-refractivity contribution in [2.45, 2.75) is 52.7 Å². The number of aryl methyl sites for hydroxylation is 1. The molecule has 2 aromatic rings. The molecule has 5 heteroatoms. The molecule has 0 saturated carbocycles. The molecule has 0 spiro atoms. The highest BCUT2D eigenvalue weighted by Crippen LogP contribution is 2.38. The van der Waals surface area contributed by atoms with E-state index in [1.807, 2.05) is 70.2 Å². The summed E-state index contributed by atoms with van der Waals surface area (Å²) in [6, 6.07) is 15.4. The maximum absolute atomic E-state index is 13.0. The molecule has 4 nitrogen and oxygen atoms in total. The number of nitrogens with zero attached hydrogens (tertiary/aromatic N) is 1. The Morgan fingerprint density at radius 3 is 2.48 bits per heavy atom. The van der Waals surface area contributed by atoms with Gasteiger partial charge in [0.2, 0.25) is 5.91 Å². The van der Waals surface area contributed by atoms with Crippen molar-refractivity contribution in [2.75, 3.05) is 0 Å². The van der Waals surface area contributed by atoms with Gasteiger partial charge in [-0.15, -0.1) is 0 Å². The van der Waals surface area contributed by atoms with Gasteiger partial charge in [0.15, 0.2) is 0 Å². The predicted molar refractivity (Wildman–Crippen MR) is 114 cm³/mol. The van der Waals surface area contributed by atoms with Gasteiger partial charge in [-0.25, -0.2) is 4.79 Å². The fourth-order valence-corrected chi connectivity index (χ4v) is 3.86. The Morgan fingerprint density at radius 2 is 1.86 bits per heavy atom. The Morgan fingerprint density at radius 1 is 1.17 bits per heavy atom. The Bertz CT molecular complexity index is 947. The minimum Gasteiger partial charge on any atom is -0.460 e. The highest BCUT2D eigenvalue weighted by molar-refractivity contribution is 6.30. The molecule has 1 aliphatic heterocycles. The molecule has 0 aromatic heterocycles. The summed E-state index contributed by atoms with van der Waals surface area (Å²) < 4.78 is 5.53. The maximum atomic E-state index is 13.0. The van der Waals surface area contributed by atoms with Gasteiger partial charge in [0.25, 0.3) is 0 Å². The smallest absolute Gasteiger partial charge is 0.336 e. The maximum Gasteiger partial charge on any atom is 0.336 e. The molecule has 0 fully saturated rings. The average Bonchev–Trinajstić information content (AvgIpc) is 2.64. The van der Waals surface area contributed by atoms with E-state index >= 15 is 0 Å². The second kappa shape index (κ2) is 8.83. The summed E-state index contributed by atoms with van der Waals surface area (Å²) in [5.74, 6) is -0.703. The van der Waals surface area contributed by atoms with E-state index in [2.05, 4.69) is 0 Å². The number of hydrogen-bond donors (Lipinski definition) is 0. The first-order valence-electron chi connectivity index (χ1n) is 9.79. The summed E-state index contributed by atoms with van der Waals surface area (Å²) in [4.78, 5) is 27.7. The summed E-state index contributed by atoms with van der Waals surface area (Å²) in [6.07, 6.45) is -0.00998. The van der Waals surface area contributed by atoms with E-state index in [4.69, 9.17) is 16.3 Å². The van der Waals surface area contributed by atoms with Crippen LogP contribution in [0.2, 0.25) is 5.02 Å². The highest BCUT2D eigenvalue weighted by atomic mass is 35.5. The molecule has 0 bridgehead atoms. The number of amides is 1. The SMILES string of the molecule is CC1=C(C(=O)OC(C)C)C(c2ccc(C)cc2)CC(=O)N1Cc1cccc(Cl)c1. The molecule has 0 aliphatic carbocycles. The second-order valence-electron chi connectivity index (χ2n) is 7.73. The van der Waals surface area contributed by atoms with E-state index in [-0.39, 0.29) is 30.3 Å². The number of halogens is 1. The first-order valence-corrected chi connectivity index (χ1v) is 10.2. The van der Waals surface area contributed by atoms with E-state index < -0.39 is 0 Å². The molecule has 0 N–H and O–H groups in total. The standard InChI is InChI=1S/C24H26ClNO3/c1-15(2)29-24(28)23-17(4)26(14-18-6-5-7-20(25)12-18)22(27)13-21(23)19-10-8-16(3)9-11-19/h5-12,15,21H,13-14H2,1-4H3. The van der Waals surface area contributed by atoms with Crippen LogP contribution < -0.4 is 0 Å². The molecule has 152 valence electrons. The zero-order valence-corrected chi connectivity index (χ0v) is 18.0. The molecule has 1 heterocycles. The quantitative estimate of drug-likeness (QED) is 0.619. The lowest BCUT2D eigenvalue weighted by Gasteiger charge is -2.35. The molecule has 0 radical (unpaired) electrons. The first kappa shape index (κ1) is 21.1. The van der Waals surface area contributed by atoms with Gasteiger partial charge in [0.05, 0.1) is 18.2 Å². The Balaban J connectivity index is 2.03. The number of carbonyl (C=O) groups excluding carboxylic acids is 2. The van der Waals surface area contributed by atoms with Gasteiger partial charge in [0.1, 0.15) is 0 Å². The number of rotatable bonds is 5. The van der Waals surface area contributed by atoms with Crippen LogP contribution in [0.5, 0.6) is 0 Å². The second-order valence-corrected chi connectivity index (χ2v) is 8.17. The van der Waals surface area contributed by atoms with Gasteiger partial charge >= 0.3 is 5.97 Å². The fraction of sp³-hybridized carbons (Fsp3) is 0.333. The van der Waals surface area contributed by atoms with Crippen molar-refractivity contribution in [3.63, 3.8) is 0 Å². The molecule has 1 amide bonds. The Hall–Kier alpha value is -2.59. The van der Waals surface area contributed by atoms with Gasteiger partial charge in [-0.1, -0.05) is 53.6 Å². The number of allylic oxidation sites excluding steroid dienone is 1. The third kappa shape index (κ3) is 4.88. The summed E-state index contributed by atoms with van der Waals surface area (Å²) in [5.41, 5.74) is 4.17. The number of benzene rings is 2. The van der Waals surface area contributed by atoms with Crippen LogP contribution in [0, 0.1) is 6.92 Å². The van der Waals surface area contributed by atoms with Crippen molar-refractivity contribution in [3.05, 3.63) is 81.5 Å². The molecule has 0 saturated heterocycles. The van der Waals surface area contributed by atoms with E-state index in [1.54, 1.807) is 11.0 Å². The van der Waals surface area contributed by atoms with Crippen LogP contribution >= 0.6 is 11.6 Å². The summed E-state index contributed by atoms with van der Waals surface area (Å²) >= 11 is 6.10. The Labute approximate surface area is 177 Å². The lowest BCUT2D eigenvalue weighted by Crippen LogP contribution is -2.38. The van der Waals surface area contributed by atoms with Crippen molar-refractivity contribution in [2.24, 2.45) is 0 Å². The Kier molecular flexibility index (Phi) is 6.43. The lowest BCUT2D eigenvalue weighted by molar-refractivity contribution is -0.143. The van der Waals surface area contributed by atoms with E-state index in [0.717, 1.165) is 16.7 Å². The summed E-state index contributed by atoms with van der Waals surface area (Å²) in [7, 11) is 0.